The first-order chi connectivity index (χ1) is 15.4. The van der Waals surface area contributed by atoms with E-state index < -0.39 is 21.4 Å². The van der Waals surface area contributed by atoms with Gasteiger partial charge in [0.1, 0.15) is 0 Å². The van der Waals surface area contributed by atoms with Crippen LogP contribution in [0.2, 0.25) is 0 Å². The first-order valence-electron chi connectivity index (χ1n) is 11.2. The Morgan fingerprint density at radius 3 is 2.61 bits per heavy atom. The molecular weight excluding hydrogens is 438 g/mol. The zero-order valence-corrected chi connectivity index (χ0v) is 20.6. The van der Waals surface area contributed by atoms with Crippen LogP contribution in [0.4, 0.5) is 11.4 Å². The van der Waals surface area contributed by atoms with E-state index in [4.69, 9.17) is 0 Å². The molecule has 0 spiro atoms. The van der Waals surface area contributed by atoms with E-state index in [-0.39, 0.29) is 23.3 Å². The third-order valence-electron chi connectivity index (χ3n) is 7.10. The van der Waals surface area contributed by atoms with Gasteiger partial charge >= 0.3 is 0 Å². The van der Waals surface area contributed by atoms with Gasteiger partial charge in [-0.25, -0.2) is 8.42 Å². The van der Waals surface area contributed by atoms with E-state index in [1.807, 2.05) is 45.9 Å². The summed E-state index contributed by atoms with van der Waals surface area (Å²) in [6.45, 7) is 8.07. The number of fused-ring (bicyclic) bond motifs is 1. The van der Waals surface area contributed by atoms with Crippen LogP contribution in [0, 0.1) is 19.8 Å². The Bertz CT molecular complexity index is 1240. The van der Waals surface area contributed by atoms with Gasteiger partial charge in [0, 0.05) is 31.5 Å². The number of carbonyl (C=O) groups is 2. The summed E-state index contributed by atoms with van der Waals surface area (Å²) in [5.41, 5.74) is 3.50. The number of piperidine rings is 1. The van der Waals surface area contributed by atoms with Gasteiger partial charge in [-0.1, -0.05) is 12.1 Å². The first kappa shape index (κ1) is 23.4. The van der Waals surface area contributed by atoms with Crippen molar-refractivity contribution in [1.82, 2.24) is 4.31 Å². The maximum absolute atomic E-state index is 13.5. The number of benzene rings is 2. The molecule has 4 rings (SSSR count). The highest BCUT2D eigenvalue weighted by atomic mass is 32.2. The van der Waals surface area contributed by atoms with Gasteiger partial charge in [0.05, 0.1) is 16.2 Å². The molecule has 176 valence electrons. The summed E-state index contributed by atoms with van der Waals surface area (Å²) in [5, 5.41) is 2.98. The number of hydrogen-bond donors (Lipinski definition) is 1. The van der Waals surface area contributed by atoms with Crippen LogP contribution in [0.3, 0.4) is 0 Å². The molecule has 1 saturated heterocycles. The summed E-state index contributed by atoms with van der Waals surface area (Å²) >= 11 is 0. The van der Waals surface area contributed by atoms with Gasteiger partial charge < -0.3 is 10.2 Å². The van der Waals surface area contributed by atoms with E-state index in [9.17, 15) is 18.0 Å². The molecule has 2 heterocycles. The fraction of sp³-hybridized carbons (Fsp3) is 0.440. The van der Waals surface area contributed by atoms with Crippen molar-refractivity contribution in [2.24, 2.45) is 5.92 Å². The molecule has 7 nitrogen and oxygen atoms in total. The van der Waals surface area contributed by atoms with Crippen molar-refractivity contribution in [2.75, 3.05) is 30.4 Å². The lowest BCUT2D eigenvalue weighted by Gasteiger charge is -2.31. The molecule has 1 atom stereocenters. The molecule has 2 aromatic rings. The van der Waals surface area contributed by atoms with Crippen LogP contribution in [0.15, 0.2) is 41.3 Å². The van der Waals surface area contributed by atoms with Gasteiger partial charge in [-0.05, 0) is 81.5 Å². The number of rotatable bonds is 4. The molecule has 0 radical (unpaired) electrons. The molecule has 0 aliphatic carbocycles. The lowest BCUT2D eigenvalue weighted by molar-refractivity contribution is -0.122. The third-order valence-corrected chi connectivity index (χ3v) is 8.96. The summed E-state index contributed by atoms with van der Waals surface area (Å²) in [4.78, 5) is 27.3. The van der Waals surface area contributed by atoms with Crippen LogP contribution in [0.1, 0.15) is 43.4 Å². The Balaban J connectivity index is 1.56. The second-order valence-electron chi connectivity index (χ2n) is 9.61. The summed E-state index contributed by atoms with van der Waals surface area (Å²) in [7, 11) is -2.10. The molecule has 2 aromatic carbocycles. The molecule has 2 aliphatic rings. The molecule has 0 bridgehead atoms. The van der Waals surface area contributed by atoms with Crippen LogP contribution < -0.4 is 10.2 Å². The Hall–Kier alpha value is -2.71. The number of amides is 2. The van der Waals surface area contributed by atoms with E-state index in [0.717, 1.165) is 22.5 Å². The number of carbonyl (C=O) groups excluding carboxylic acids is 2. The molecule has 1 unspecified atom stereocenters. The Kier molecular flexibility index (Phi) is 5.87. The van der Waals surface area contributed by atoms with E-state index in [1.165, 1.54) is 4.31 Å². The predicted molar refractivity (Wildman–Crippen MR) is 129 cm³/mol. The van der Waals surface area contributed by atoms with Crippen molar-refractivity contribution in [3.63, 3.8) is 0 Å². The summed E-state index contributed by atoms with van der Waals surface area (Å²) in [6, 6.07) is 10.6. The minimum atomic E-state index is -3.80. The Morgan fingerprint density at radius 1 is 1.15 bits per heavy atom. The number of aryl methyl sites for hydroxylation is 1. The molecular formula is C25H31N3O4S. The summed E-state index contributed by atoms with van der Waals surface area (Å²) < 4.78 is 28.4. The molecule has 1 N–H and O–H groups in total. The highest BCUT2D eigenvalue weighted by Gasteiger charge is 2.43. The average Bonchev–Trinajstić information content (AvgIpc) is 2.96. The topological polar surface area (TPSA) is 86.8 Å². The monoisotopic (exact) mass is 469 g/mol. The predicted octanol–water partition coefficient (Wildman–Crippen LogP) is 3.60. The largest absolute Gasteiger partial charge is 0.326 e. The summed E-state index contributed by atoms with van der Waals surface area (Å²) in [6.07, 6.45) is 1.25. The van der Waals surface area contributed by atoms with Crippen molar-refractivity contribution >= 4 is 33.2 Å². The second kappa shape index (κ2) is 8.25. The molecule has 8 heteroatoms. The summed E-state index contributed by atoms with van der Waals surface area (Å²) in [5.74, 6) is -0.647. The van der Waals surface area contributed by atoms with Crippen LogP contribution >= 0.6 is 0 Å². The lowest BCUT2D eigenvalue weighted by atomic mass is 9.86. The van der Waals surface area contributed by atoms with Crippen molar-refractivity contribution < 1.29 is 18.0 Å². The highest BCUT2D eigenvalue weighted by molar-refractivity contribution is 7.89. The highest BCUT2D eigenvalue weighted by Crippen LogP contribution is 2.42. The Labute approximate surface area is 195 Å². The average molecular weight is 470 g/mol. The van der Waals surface area contributed by atoms with Gasteiger partial charge in [-0.2, -0.15) is 4.31 Å². The van der Waals surface area contributed by atoms with Crippen LogP contribution in [0.25, 0.3) is 0 Å². The maximum atomic E-state index is 13.5. The van der Waals surface area contributed by atoms with E-state index in [1.54, 1.807) is 30.1 Å². The molecule has 0 aromatic heterocycles. The number of likely N-dealkylation sites (N-methyl/N-ethyl adjacent to an activating group) is 1. The van der Waals surface area contributed by atoms with E-state index in [2.05, 4.69) is 5.32 Å². The van der Waals surface area contributed by atoms with Gasteiger partial charge in [-0.15, -0.1) is 0 Å². The molecule has 0 saturated carbocycles. The zero-order valence-electron chi connectivity index (χ0n) is 19.8. The van der Waals surface area contributed by atoms with Crippen molar-refractivity contribution in [3.05, 3.63) is 53.1 Å². The normalized spacial score (nSPS) is 20.6. The van der Waals surface area contributed by atoms with Gasteiger partial charge in [-0.3, -0.25) is 9.59 Å². The molecule has 1 fully saturated rings. The number of hydrogen-bond acceptors (Lipinski definition) is 4. The fourth-order valence-electron chi connectivity index (χ4n) is 4.76. The van der Waals surface area contributed by atoms with Crippen molar-refractivity contribution in [2.45, 2.75) is 50.8 Å². The first-order valence-corrected chi connectivity index (χ1v) is 12.7. The van der Waals surface area contributed by atoms with E-state index >= 15 is 0 Å². The number of anilines is 2. The maximum Gasteiger partial charge on any atom is 0.243 e. The lowest BCUT2D eigenvalue weighted by Crippen LogP contribution is -2.43. The van der Waals surface area contributed by atoms with Gasteiger partial charge in [0.2, 0.25) is 21.8 Å². The smallest absolute Gasteiger partial charge is 0.243 e. The second-order valence-corrected chi connectivity index (χ2v) is 11.5. The van der Waals surface area contributed by atoms with Crippen LogP contribution in [-0.2, 0) is 25.0 Å². The molecule has 33 heavy (non-hydrogen) atoms. The van der Waals surface area contributed by atoms with Crippen molar-refractivity contribution in [3.8, 4) is 0 Å². The number of nitrogens with one attached hydrogen (secondary N) is 1. The fourth-order valence-corrected chi connectivity index (χ4v) is 6.31. The van der Waals surface area contributed by atoms with Crippen LogP contribution in [-0.4, -0.2) is 44.7 Å². The Morgan fingerprint density at radius 2 is 1.88 bits per heavy atom. The standard InChI is InChI=1S/C25H31N3O4S/c1-16-8-6-10-21(17(16)2)26-23(29)18-9-7-13-28(15-18)33(31,32)19-11-12-22-20(14-19)25(3,4)24(30)27(22)5/h6,8,10-12,14,18H,7,9,13,15H2,1-5H3,(H,26,29). The molecule has 2 amide bonds. The van der Waals surface area contributed by atoms with Crippen molar-refractivity contribution in [1.29, 1.82) is 0 Å². The van der Waals surface area contributed by atoms with Crippen LogP contribution in [0.5, 0.6) is 0 Å². The molecule has 2 aliphatic heterocycles. The number of sulfonamides is 1. The van der Waals surface area contributed by atoms with E-state index in [0.29, 0.717) is 24.9 Å². The third kappa shape index (κ3) is 3.95. The minimum Gasteiger partial charge on any atom is -0.326 e. The van der Waals surface area contributed by atoms with Gasteiger partial charge in [0.25, 0.3) is 0 Å². The SMILES string of the molecule is Cc1cccc(NC(=O)C2CCCN(S(=O)(=O)c3ccc4c(c3)C(C)(C)C(=O)N4C)C2)c1C. The zero-order chi connectivity index (χ0) is 24.1. The minimum absolute atomic E-state index is 0.0619. The van der Waals surface area contributed by atoms with Gasteiger partial charge in [0.15, 0.2) is 0 Å². The quantitative estimate of drug-likeness (QED) is 0.741. The number of nitrogens with zero attached hydrogens (tertiary/aromatic N) is 2.